The molecule has 4 aromatic rings. The van der Waals surface area contributed by atoms with Crippen LogP contribution in [0.2, 0.25) is 0 Å². The van der Waals surface area contributed by atoms with Crippen LogP contribution in [0.4, 0.5) is 4.39 Å². The number of hydrogen-bond donors (Lipinski definition) is 2. The third-order valence-corrected chi connectivity index (χ3v) is 9.26. The highest BCUT2D eigenvalue weighted by Gasteiger charge is 2.23. The maximum atomic E-state index is 15.5. The fraction of sp³-hybridized carbons (Fsp3) is 0.387. The zero-order valence-corrected chi connectivity index (χ0v) is 25.9. The Bertz CT molecular complexity index is 1640. The van der Waals surface area contributed by atoms with Crippen molar-refractivity contribution in [3.8, 4) is 23.0 Å². The fourth-order valence-corrected chi connectivity index (χ4v) is 6.51. The second-order valence-corrected chi connectivity index (χ2v) is 12.4. The summed E-state index contributed by atoms with van der Waals surface area (Å²) in [6.07, 6.45) is 1.46. The molecule has 0 saturated heterocycles. The SMILES string of the molecule is COc1cc2sc(CC[C@H](C)C(=O)O)cc2cc1OCCCOc1c(OC)cc2sc(C(=O)C[C@H](C)C(=O)O)cc2c1F. The lowest BCUT2D eigenvalue weighted by Gasteiger charge is -2.13. The number of halogens is 1. The van der Waals surface area contributed by atoms with E-state index in [1.165, 1.54) is 20.1 Å². The molecular formula is C31H33FO9S2. The number of methoxy groups -OCH3 is 2. The minimum absolute atomic E-state index is 0.0762. The van der Waals surface area contributed by atoms with E-state index in [1.54, 1.807) is 31.4 Å². The van der Waals surface area contributed by atoms with Crippen LogP contribution in [-0.4, -0.2) is 55.4 Å². The van der Waals surface area contributed by atoms with Gasteiger partial charge in [-0.15, -0.1) is 22.7 Å². The van der Waals surface area contributed by atoms with Gasteiger partial charge in [0.15, 0.2) is 34.6 Å². The predicted molar refractivity (Wildman–Crippen MR) is 163 cm³/mol. The van der Waals surface area contributed by atoms with Crippen molar-refractivity contribution in [3.63, 3.8) is 0 Å². The van der Waals surface area contributed by atoms with Gasteiger partial charge in [0.1, 0.15) is 0 Å². The standard InChI is InChI=1S/C31H33FO9S2/c1-16(30(34)35)6-7-19-11-18-12-23(22(38-3)14-25(18)42-19)40-8-5-9-41-29-24(39-4)15-26-20(28(29)32)13-27(43-26)21(33)10-17(2)31(36)37/h11-17H,5-10H2,1-4H3,(H,34,35)(H,36,37)/t16-,17-/m0/s1. The van der Waals surface area contributed by atoms with Gasteiger partial charge in [0.25, 0.3) is 0 Å². The molecule has 0 bridgehead atoms. The first-order valence-corrected chi connectivity index (χ1v) is 15.3. The molecule has 2 aromatic heterocycles. The average Bonchev–Trinajstić information content (AvgIpc) is 3.59. The summed E-state index contributed by atoms with van der Waals surface area (Å²) >= 11 is 2.67. The molecular weight excluding hydrogens is 599 g/mol. The van der Waals surface area contributed by atoms with Crippen molar-refractivity contribution in [2.45, 2.75) is 39.5 Å². The number of ether oxygens (including phenoxy) is 4. The largest absolute Gasteiger partial charge is 0.493 e. The zero-order valence-electron chi connectivity index (χ0n) is 24.2. The summed E-state index contributed by atoms with van der Waals surface area (Å²) < 4.78 is 39.5. The molecule has 9 nitrogen and oxygen atoms in total. The van der Waals surface area contributed by atoms with Crippen LogP contribution in [-0.2, 0) is 16.0 Å². The second-order valence-electron chi connectivity index (χ2n) is 10.2. The van der Waals surface area contributed by atoms with Crippen molar-refractivity contribution < 1.29 is 47.9 Å². The van der Waals surface area contributed by atoms with Gasteiger partial charge in [-0.25, -0.2) is 4.39 Å². The lowest BCUT2D eigenvalue weighted by molar-refractivity contribution is -0.142. The Morgan fingerprint density at radius 1 is 0.837 bits per heavy atom. The Kier molecular flexibility index (Phi) is 10.5. The molecule has 43 heavy (non-hydrogen) atoms. The molecule has 0 saturated carbocycles. The Balaban J connectivity index is 1.39. The van der Waals surface area contributed by atoms with E-state index < -0.39 is 29.6 Å². The number of carbonyl (C=O) groups excluding carboxylic acids is 1. The van der Waals surface area contributed by atoms with Crippen molar-refractivity contribution in [3.05, 3.63) is 45.9 Å². The lowest BCUT2D eigenvalue weighted by Crippen LogP contribution is -2.13. The number of carboxylic acids is 2. The lowest BCUT2D eigenvalue weighted by atomic mass is 10.0. The number of benzene rings is 2. The first kappa shape index (κ1) is 32.0. The minimum atomic E-state index is -1.07. The Morgan fingerprint density at radius 2 is 1.51 bits per heavy atom. The van der Waals surface area contributed by atoms with E-state index in [2.05, 4.69) is 0 Å². The zero-order chi connectivity index (χ0) is 31.3. The van der Waals surface area contributed by atoms with Crippen LogP contribution in [0.15, 0.2) is 30.3 Å². The van der Waals surface area contributed by atoms with Crippen molar-refractivity contribution in [1.82, 2.24) is 0 Å². The average molecular weight is 633 g/mol. The number of thiophene rings is 2. The number of Topliss-reactive ketones (excluding diaryl/α,β-unsaturated/α-hetero) is 1. The molecule has 0 spiro atoms. The Morgan fingerprint density at radius 3 is 2.19 bits per heavy atom. The van der Waals surface area contributed by atoms with Gasteiger partial charge in [-0.1, -0.05) is 13.8 Å². The number of rotatable bonds is 16. The number of carboxylic acid groups (broad SMARTS) is 2. The molecule has 2 N–H and O–H groups in total. The summed E-state index contributed by atoms with van der Waals surface area (Å²) in [5.41, 5.74) is 0. The van der Waals surface area contributed by atoms with Crippen molar-refractivity contribution >= 4 is 60.6 Å². The van der Waals surface area contributed by atoms with Crippen molar-refractivity contribution in [2.24, 2.45) is 11.8 Å². The van der Waals surface area contributed by atoms with Crippen LogP contribution in [0.25, 0.3) is 20.2 Å². The predicted octanol–water partition coefficient (Wildman–Crippen LogP) is 7.07. The van der Waals surface area contributed by atoms with E-state index in [0.29, 0.717) is 35.5 Å². The molecule has 0 radical (unpaired) electrons. The molecule has 12 heteroatoms. The Labute approximate surface area is 255 Å². The van der Waals surface area contributed by atoms with Crippen LogP contribution in [0.3, 0.4) is 0 Å². The fourth-order valence-electron chi connectivity index (χ4n) is 4.38. The van der Waals surface area contributed by atoms with E-state index in [1.807, 2.05) is 18.2 Å². The molecule has 0 aliphatic carbocycles. The van der Waals surface area contributed by atoms with Crippen LogP contribution >= 0.6 is 22.7 Å². The van der Waals surface area contributed by atoms with Gasteiger partial charge in [-0.2, -0.15) is 0 Å². The summed E-state index contributed by atoms with van der Waals surface area (Å²) in [5, 5.41) is 19.4. The molecule has 2 heterocycles. The van der Waals surface area contributed by atoms with Crippen LogP contribution < -0.4 is 18.9 Å². The number of ketones is 1. The molecule has 0 fully saturated rings. The quantitative estimate of drug-likeness (QED) is 0.0985. The first-order valence-electron chi connectivity index (χ1n) is 13.7. The highest BCUT2D eigenvalue weighted by Crippen LogP contribution is 2.41. The van der Waals surface area contributed by atoms with Crippen LogP contribution in [0.5, 0.6) is 23.0 Å². The number of aryl methyl sites for hydroxylation is 1. The minimum Gasteiger partial charge on any atom is -0.493 e. The Hall–Kier alpha value is -3.90. The summed E-state index contributed by atoms with van der Waals surface area (Å²) in [6.45, 7) is 3.54. The molecule has 230 valence electrons. The third-order valence-electron chi connectivity index (χ3n) is 6.98. The third kappa shape index (κ3) is 7.55. The highest BCUT2D eigenvalue weighted by molar-refractivity contribution is 7.21. The molecule has 0 aliphatic heterocycles. The van der Waals surface area contributed by atoms with Gasteiger partial charge in [0, 0.05) is 44.6 Å². The molecule has 0 unspecified atom stereocenters. The molecule has 0 aliphatic rings. The van der Waals surface area contributed by atoms with Gasteiger partial charge in [0.05, 0.1) is 44.1 Å². The van der Waals surface area contributed by atoms with E-state index >= 15 is 4.39 Å². The van der Waals surface area contributed by atoms with Crippen LogP contribution in [0, 0.1) is 17.7 Å². The summed E-state index contributed by atoms with van der Waals surface area (Å²) in [6, 6.07) is 8.84. The van der Waals surface area contributed by atoms with Crippen molar-refractivity contribution in [2.75, 3.05) is 27.4 Å². The van der Waals surface area contributed by atoms with E-state index in [9.17, 15) is 14.4 Å². The number of carbonyl (C=O) groups is 3. The topological polar surface area (TPSA) is 129 Å². The number of aliphatic carboxylic acids is 2. The number of fused-ring (bicyclic) bond motifs is 2. The summed E-state index contributed by atoms with van der Waals surface area (Å²) in [7, 11) is 2.96. The monoisotopic (exact) mass is 632 g/mol. The number of hydrogen-bond acceptors (Lipinski definition) is 9. The summed E-state index contributed by atoms with van der Waals surface area (Å²) in [5.74, 6) is -2.93. The van der Waals surface area contributed by atoms with Gasteiger partial charge in [-0.05, 0) is 36.4 Å². The van der Waals surface area contributed by atoms with Gasteiger partial charge in [0.2, 0.25) is 0 Å². The van der Waals surface area contributed by atoms with E-state index in [4.69, 9.17) is 29.2 Å². The smallest absolute Gasteiger partial charge is 0.306 e. The van der Waals surface area contributed by atoms with E-state index in [-0.39, 0.29) is 47.2 Å². The van der Waals surface area contributed by atoms with Crippen molar-refractivity contribution in [1.29, 1.82) is 0 Å². The summed E-state index contributed by atoms with van der Waals surface area (Å²) in [4.78, 5) is 36.2. The van der Waals surface area contributed by atoms with Gasteiger partial charge < -0.3 is 29.2 Å². The van der Waals surface area contributed by atoms with Gasteiger partial charge in [-0.3, -0.25) is 14.4 Å². The first-order chi connectivity index (χ1) is 20.5. The molecule has 2 aromatic carbocycles. The maximum Gasteiger partial charge on any atom is 0.306 e. The molecule has 4 rings (SSSR count). The molecule has 2 atom stereocenters. The second kappa shape index (κ2) is 14.0. The van der Waals surface area contributed by atoms with Gasteiger partial charge >= 0.3 is 11.9 Å². The maximum absolute atomic E-state index is 15.5. The highest BCUT2D eigenvalue weighted by atomic mass is 32.1. The van der Waals surface area contributed by atoms with E-state index in [0.717, 1.165) is 26.3 Å². The normalized spacial score (nSPS) is 12.7. The molecule has 0 amide bonds. The van der Waals surface area contributed by atoms with Crippen LogP contribution in [0.1, 0.15) is 47.7 Å².